The predicted octanol–water partition coefficient (Wildman–Crippen LogP) is 1.49. The maximum Gasteiger partial charge on any atom is 0.227 e. The lowest BCUT2D eigenvalue weighted by Gasteiger charge is -2.29. The Balaban J connectivity index is 1.57. The van der Waals surface area contributed by atoms with Crippen LogP contribution in [0.1, 0.15) is 24.5 Å². The summed E-state index contributed by atoms with van der Waals surface area (Å²) in [4.78, 5) is 29.2. The van der Waals surface area contributed by atoms with Crippen molar-refractivity contribution in [3.05, 3.63) is 29.3 Å². The number of benzene rings is 1. The Morgan fingerprint density at radius 3 is 2.77 bits per heavy atom. The number of nitrogens with one attached hydrogen (secondary N) is 1. The molecule has 2 aliphatic heterocycles. The van der Waals surface area contributed by atoms with Crippen molar-refractivity contribution in [2.75, 3.05) is 44.3 Å². The molecule has 26 heavy (non-hydrogen) atoms. The number of morpholine rings is 1. The molecule has 0 saturated carbocycles. The van der Waals surface area contributed by atoms with E-state index in [1.165, 1.54) is 0 Å². The second-order valence-corrected chi connectivity index (χ2v) is 7.45. The topological polar surface area (TPSA) is 61.9 Å². The summed E-state index contributed by atoms with van der Waals surface area (Å²) in [5.74, 6) is -0.277. The lowest BCUT2D eigenvalue weighted by molar-refractivity contribution is -0.127. The van der Waals surface area contributed by atoms with Crippen molar-refractivity contribution in [1.82, 2.24) is 10.2 Å². The van der Waals surface area contributed by atoms with E-state index in [9.17, 15) is 9.59 Å². The Bertz CT molecular complexity index is 670. The Morgan fingerprint density at radius 2 is 2.04 bits per heavy atom. The van der Waals surface area contributed by atoms with E-state index in [2.05, 4.69) is 10.2 Å². The van der Waals surface area contributed by atoms with Crippen molar-refractivity contribution < 1.29 is 14.3 Å². The van der Waals surface area contributed by atoms with Crippen LogP contribution in [0.2, 0.25) is 0 Å². The molecular weight excluding hydrogens is 330 g/mol. The van der Waals surface area contributed by atoms with Crippen LogP contribution in [-0.4, -0.2) is 62.1 Å². The van der Waals surface area contributed by atoms with Crippen LogP contribution in [0.4, 0.5) is 5.69 Å². The van der Waals surface area contributed by atoms with Crippen molar-refractivity contribution >= 4 is 17.5 Å². The predicted molar refractivity (Wildman–Crippen MR) is 101 cm³/mol. The third-order valence-corrected chi connectivity index (χ3v) is 5.39. The maximum absolute atomic E-state index is 12.6. The molecule has 0 aromatic heterocycles. The number of amides is 2. The van der Waals surface area contributed by atoms with Gasteiger partial charge in [-0.1, -0.05) is 12.1 Å². The van der Waals surface area contributed by atoms with Crippen molar-refractivity contribution in [3.63, 3.8) is 0 Å². The molecule has 1 aromatic carbocycles. The van der Waals surface area contributed by atoms with Crippen molar-refractivity contribution in [1.29, 1.82) is 0 Å². The molecule has 2 saturated heterocycles. The van der Waals surface area contributed by atoms with Gasteiger partial charge in [0.15, 0.2) is 0 Å². The van der Waals surface area contributed by atoms with Gasteiger partial charge in [0.2, 0.25) is 11.8 Å². The van der Waals surface area contributed by atoms with Gasteiger partial charge in [0, 0.05) is 44.3 Å². The van der Waals surface area contributed by atoms with Gasteiger partial charge in [0.25, 0.3) is 0 Å². The van der Waals surface area contributed by atoms with Crippen LogP contribution in [0.25, 0.3) is 0 Å². The minimum absolute atomic E-state index is 0.0214. The Hall–Kier alpha value is -1.92. The highest BCUT2D eigenvalue weighted by molar-refractivity contribution is 6.00. The first-order valence-electron chi connectivity index (χ1n) is 9.42. The number of ether oxygens (including phenoxy) is 1. The lowest BCUT2D eigenvalue weighted by atomic mass is 10.1. The highest BCUT2D eigenvalue weighted by Gasteiger charge is 2.36. The zero-order valence-electron chi connectivity index (χ0n) is 16.0. The molecule has 2 aliphatic rings. The van der Waals surface area contributed by atoms with Gasteiger partial charge in [-0.3, -0.25) is 14.5 Å². The number of hydrogen-bond acceptors (Lipinski definition) is 4. The zero-order chi connectivity index (χ0) is 18.7. The fourth-order valence-electron chi connectivity index (χ4n) is 3.72. The average Bonchev–Trinajstić information content (AvgIpc) is 3.00. The van der Waals surface area contributed by atoms with Gasteiger partial charge in [-0.25, -0.2) is 0 Å². The molecule has 0 radical (unpaired) electrons. The van der Waals surface area contributed by atoms with Gasteiger partial charge < -0.3 is 15.0 Å². The summed E-state index contributed by atoms with van der Waals surface area (Å²) in [7, 11) is 0. The van der Waals surface area contributed by atoms with Crippen LogP contribution >= 0.6 is 0 Å². The summed E-state index contributed by atoms with van der Waals surface area (Å²) in [5.41, 5.74) is 3.18. The second kappa shape index (κ2) is 8.18. The molecular formula is C20H29N3O3. The molecule has 0 aliphatic carbocycles. The van der Waals surface area contributed by atoms with E-state index < -0.39 is 0 Å². The molecule has 2 atom stereocenters. The number of anilines is 1. The van der Waals surface area contributed by atoms with Gasteiger partial charge >= 0.3 is 0 Å². The van der Waals surface area contributed by atoms with E-state index in [1.807, 2.05) is 39.0 Å². The number of hydrogen-bond donors (Lipinski definition) is 1. The standard InChI is InChI=1S/C20H29N3O3/c1-14-5-4-6-18(16(14)3)23-13-17(11-19(23)24)20(25)21-15(2)12-22-7-9-26-10-8-22/h4-6,15,17H,7-13H2,1-3H3,(H,21,25). The van der Waals surface area contributed by atoms with Crippen LogP contribution in [-0.2, 0) is 14.3 Å². The highest BCUT2D eigenvalue weighted by atomic mass is 16.5. The summed E-state index contributed by atoms with van der Waals surface area (Å²) in [6.07, 6.45) is 0.281. The number of carbonyl (C=O) groups excluding carboxylic acids is 2. The monoisotopic (exact) mass is 359 g/mol. The fourth-order valence-corrected chi connectivity index (χ4v) is 3.72. The van der Waals surface area contributed by atoms with E-state index in [0.29, 0.717) is 6.54 Å². The third-order valence-electron chi connectivity index (χ3n) is 5.39. The minimum Gasteiger partial charge on any atom is -0.379 e. The Labute approximate surface area is 155 Å². The molecule has 3 rings (SSSR count). The molecule has 1 aromatic rings. The molecule has 6 nitrogen and oxygen atoms in total. The van der Waals surface area contributed by atoms with Crippen molar-refractivity contribution in [3.8, 4) is 0 Å². The SMILES string of the molecule is Cc1cccc(N2CC(C(=O)NC(C)CN3CCOCC3)CC2=O)c1C. The van der Waals surface area contributed by atoms with Crippen LogP contribution in [0.5, 0.6) is 0 Å². The van der Waals surface area contributed by atoms with Crippen LogP contribution < -0.4 is 10.2 Å². The number of carbonyl (C=O) groups is 2. The zero-order valence-corrected chi connectivity index (χ0v) is 16.0. The third kappa shape index (κ3) is 4.24. The van der Waals surface area contributed by atoms with Gasteiger partial charge in [-0.2, -0.15) is 0 Å². The summed E-state index contributed by atoms with van der Waals surface area (Å²) >= 11 is 0. The van der Waals surface area contributed by atoms with Gasteiger partial charge in [-0.05, 0) is 38.0 Å². The molecule has 6 heteroatoms. The number of rotatable bonds is 5. The number of aryl methyl sites for hydroxylation is 1. The Morgan fingerprint density at radius 1 is 1.31 bits per heavy atom. The van der Waals surface area contributed by atoms with Gasteiger partial charge in [0.1, 0.15) is 0 Å². The largest absolute Gasteiger partial charge is 0.379 e. The van der Waals surface area contributed by atoms with E-state index in [1.54, 1.807) is 4.90 Å². The van der Waals surface area contributed by atoms with Crippen molar-refractivity contribution in [2.24, 2.45) is 5.92 Å². The van der Waals surface area contributed by atoms with Gasteiger partial charge in [0.05, 0.1) is 19.1 Å². The summed E-state index contributed by atoms with van der Waals surface area (Å²) in [5, 5.41) is 3.09. The summed E-state index contributed by atoms with van der Waals surface area (Å²) in [6.45, 7) is 10.7. The van der Waals surface area contributed by atoms with Crippen molar-refractivity contribution in [2.45, 2.75) is 33.2 Å². The normalized spacial score (nSPS) is 22.5. The van der Waals surface area contributed by atoms with Crippen LogP contribution in [0, 0.1) is 19.8 Å². The smallest absolute Gasteiger partial charge is 0.227 e. The van der Waals surface area contributed by atoms with E-state index in [0.717, 1.165) is 49.7 Å². The maximum atomic E-state index is 12.6. The summed E-state index contributed by atoms with van der Waals surface area (Å²) < 4.78 is 5.36. The minimum atomic E-state index is -0.283. The molecule has 2 fully saturated rings. The molecule has 142 valence electrons. The molecule has 1 N–H and O–H groups in total. The van der Waals surface area contributed by atoms with Crippen LogP contribution in [0.3, 0.4) is 0 Å². The lowest BCUT2D eigenvalue weighted by Crippen LogP contribution is -2.47. The Kier molecular flexibility index (Phi) is 5.94. The quantitative estimate of drug-likeness (QED) is 0.865. The van der Waals surface area contributed by atoms with E-state index >= 15 is 0 Å². The van der Waals surface area contributed by atoms with E-state index in [-0.39, 0.29) is 30.2 Å². The number of nitrogens with zero attached hydrogens (tertiary/aromatic N) is 2. The first kappa shape index (κ1) is 18.9. The molecule has 2 amide bonds. The molecule has 2 heterocycles. The average molecular weight is 359 g/mol. The second-order valence-electron chi connectivity index (χ2n) is 7.45. The first-order valence-corrected chi connectivity index (χ1v) is 9.42. The molecule has 0 spiro atoms. The first-order chi connectivity index (χ1) is 12.5. The molecule has 0 bridgehead atoms. The summed E-state index contributed by atoms with van der Waals surface area (Å²) in [6, 6.07) is 6.02. The highest BCUT2D eigenvalue weighted by Crippen LogP contribution is 2.29. The fraction of sp³-hybridized carbons (Fsp3) is 0.600. The van der Waals surface area contributed by atoms with Crippen LogP contribution in [0.15, 0.2) is 18.2 Å². The molecule has 2 unspecified atom stereocenters. The van der Waals surface area contributed by atoms with E-state index in [4.69, 9.17) is 4.74 Å². The van der Waals surface area contributed by atoms with Gasteiger partial charge in [-0.15, -0.1) is 0 Å².